The molecule has 144 valence electrons. The fourth-order valence-corrected chi connectivity index (χ4v) is 3.69. The van der Waals surface area contributed by atoms with Gasteiger partial charge in [0.15, 0.2) is 0 Å². The highest BCUT2D eigenvalue weighted by Gasteiger charge is 2.15. The van der Waals surface area contributed by atoms with Gasteiger partial charge in [-0.3, -0.25) is 4.79 Å². The molecule has 0 aromatic heterocycles. The molecule has 2 atom stereocenters. The Morgan fingerprint density at radius 1 is 1.41 bits per heavy atom. The Bertz CT molecular complexity index is 861. The number of hydrogen-bond acceptors (Lipinski definition) is 3. The zero-order valence-corrected chi connectivity index (χ0v) is 16.6. The molecule has 1 aliphatic carbocycles. The Hall–Kier alpha value is -2.29. The number of methoxy groups -OCH3 is 1. The van der Waals surface area contributed by atoms with Crippen LogP contribution in [0.2, 0.25) is 0 Å². The number of nitrogens with zero attached hydrogens (tertiary/aromatic N) is 1. The topological polar surface area (TPSA) is 41.6 Å². The Morgan fingerprint density at radius 2 is 2.26 bits per heavy atom. The van der Waals surface area contributed by atoms with Crippen molar-refractivity contribution in [3.05, 3.63) is 52.0 Å². The third-order valence-electron chi connectivity index (χ3n) is 5.46. The third-order valence-corrected chi connectivity index (χ3v) is 5.46. The van der Waals surface area contributed by atoms with Crippen LogP contribution in [-0.2, 0) is 4.74 Å². The van der Waals surface area contributed by atoms with Gasteiger partial charge < -0.3 is 15.0 Å². The number of nitrogens with one attached hydrogen (secondary N) is 1. The molecule has 0 spiro atoms. The molecule has 1 aliphatic heterocycles. The molecule has 0 saturated carbocycles. The summed E-state index contributed by atoms with van der Waals surface area (Å²) in [7, 11) is 1.68. The first-order valence-corrected chi connectivity index (χ1v) is 9.91. The van der Waals surface area contributed by atoms with Crippen molar-refractivity contribution < 1.29 is 9.53 Å². The van der Waals surface area contributed by atoms with Crippen LogP contribution in [0.3, 0.4) is 0 Å². The molecule has 1 heterocycles. The zero-order valence-electron chi connectivity index (χ0n) is 16.6. The molecule has 2 aliphatic rings. The van der Waals surface area contributed by atoms with Gasteiger partial charge in [-0.05, 0) is 56.2 Å². The number of amides is 1. The summed E-state index contributed by atoms with van der Waals surface area (Å²) in [6.45, 7) is 5.56. The van der Waals surface area contributed by atoms with Crippen molar-refractivity contribution >= 4 is 17.8 Å². The van der Waals surface area contributed by atoms with Crippen molar-refractivity contribution in [1.29, 1.82) is 0 Å². The molecule has 3 rings (SSSR count). The van der Waals surface area contributed by atoms with Crippen LogP contribution >= 0.6 is 0 Å². The summed E-state index contributed by atoms with van der Waals surface area (Å²) in [5.74, 6) is 0.636. The summed E-state index contributed by atoms with van der Waals surface area (Å²) in [6.07, 6.45) is 13.2. The maximum atomic E-state index is 12.7. The minimum atomic E-state index is -0.0438. The van der Waals surface area contributed by atoms with Gasteiger partial charge in [-0.2, -0.15) is 0 Å². The molecule has 1 aromatic carbocycles. The van der Waals surface area contributed by atoms with E-state index >= 15 is 0 Å². The Balaban J connectivity index is 1.77. The van der Waals surface area contributed by atoms with Crippen LogP contribution < -0.4 is 15.8 Å². The normalized spacial score (nSPS) is 19.1. The number of rotatable bonds is 7. The number of carbonyl (C=O) groups is 1. The number of hydrogen-bond donors (Lipinski definition) is 1. The van der Waals surface area contributed by atoms with Crippen molar-refractivity contribution in [3.63, 3.8) is 0 Å². The first-order chi connectivity index (χ1) is 13.1. The lowest BCUT2D eigenvalue weighted by atomic mass is 9.94. The van der Waals surface area contributed by atoms with Gasteiger partial charge >= 0.3 is 0 Å². The first-order valence-electron chi connectivity index (χ1n) is 9.91. The highest BCUT2D eigenvalue weighted by Crippen LogP contribution is 2.19. The number of allylic oxidation sites excluding steroid dienone is 2. The van der Waals surface area contributed by atoms with Crippen molar-refractivity contribution in [2.45, 2.75) is 45.6 Å². The van der Waals surface area contributed by atoms with Crippen LogP contribution in [0.4, 0.5) is 0 Å². The van der Waals surface area contributed by atoms with Crippen LogP contribution in [0.15, 0.2) is 30.5 Å². The molecule has 4 nitrogen and oxygen atoms in total. The van der Waals surface area contributed by atoms with Gasteiger partial charge in [-0.15, -0.1) is 0 Å². The molecule has 0 fully saturated rings. The van der Waals surface area contributed by atoms with Crippen LogP contribution in [0, 0.1) is 12.8 Å². The van der Waals surface area contributed by atoms with E-state index in [9.17, 15) is 4.79 Å². The van der Waals surface area contributed by atoms with E-state index in [0.29, 0.717) is 12.5 Å². The van der Waals surface area contributed by atoms with Crippen LogP contribution in [0.25, 0.3) is 11.9 Å². The van der Waals surface area contributed by atoms with E-state index in [1.165, 1.54) is 12.8 Å². The fourth-order valence-electron chi connectivity index (χ4n) is 3.69. The van der Waals surface area contributed by atoms with Gasteiger partial charge in [0.2, 0.25) is 0 Å². The van der Waals surface area contributed by atoms with E-state index in [0.717, 1.165) is 41.0 Å². The van der Waals surface area contributed by atoms with Gasteiger partial charge in [-0.1, -0.05) is 24.8 Å². The van der Waals surface area contributed by atoms with Crippen molar-refractivity contribution in [3.8, 4) is 0 Å². The maximum Gasteiger partial charge on any atom is 0.251 e. The van der Waals surface area contributed by atoms with Gasteiger partial charge in [0, 0.05) is 48.6 Å². The molecule has 4 heteroatoms. The second kappa shape index (κ2) is 9.07. The van der Waals surface area contributed by atoms with Crippen LogP contribution in [0.1, 0.15) is 48.5 Å². The quantitative estimate of drug-likeness (QED) is 0.754. The number of aryl methyl sites for hydroxylation is 1. The molecular formula is C23H30N2O2. The molecule has 2 unspecified atom stereocenters. The summed E-state index contributed by atoms with van der Waals surface area (Å²) in [5.41, 5.74) is 5.07. The largest absolute Gasteiger partial charge is 0.380 e. The summed E-state index contributed by atoms with van der Waals surface area (Å²) in [4.78, 5) is 14.9. The lowest BCUT2D eigenvalue weighted by molar-refractivity contribution is 0.0815. The average Bonchev–Trinajstić information content (AvgIpc) is 2.69. The molecule has 0 saturated heterocycles. The lowest BCUT2D eigenvalue weighted by Gasteiger charge is -2.24. The Labute approximate surface area is 161 Å². The monoisotopic (exact) mass is 366 g/mol. The van der Waals surface area contributed by atoms with Gasteiger partial charge in [0.05, 0.1) is 6.10 Å². The highest BCUT2D eigenvalue weighted by atomic mass is 16.5. The van der Waals surface area contributed by atoms with Crippen molar-refractivity contribution in [2.75, 3.05) is 20.2 Å². The minimum absolute atomic E-state index is 0.0438. The minimum Gasteiger partial charge on any atom is -0.380 e. The van der Waals surface area contributed by atoms with Crippen LogP contribution in [-0.4, -0.2) is 37.1 Å². The molecule has 1 aromatic rings. The molecule has 0 radical (unpaired) electrons. The molecular weight excluding hydrogens is 336 g/mol. The molecule has 1 N–H and O–H groups in total. The maximum absolute atomic E-state index is 12.7. The predicted octanol–water partition coefficient (Wildman–Crippen LogP) is 2.45. The smallest absolute Gasteiger partial charge is 0.251 e. The SMILES string of the molecule is CCC(CNC(=O)c1cc2c(cc1C)=C=CN(CC1CC=CCC1)C=2)OC. The Kier molecular flexibility index (Phi) is 6.54. The van der Waals surface area contributed by atoms with E-state index < -0.39 is 0 Å². The number of carbonyl (C=O) groups excluding carboxylic acids is 1. The lowest BCUT2D eigenvalue weighted by Crippen LogP contribution is -2.37. The third kappa shape index (κ3) is 4.91. The van der Waals surface area contributed by atoms with Crippen molar-refractivity contribution in [1.82, 2.24) is 10.2 Å². The van der Waals surface area contributed by atoms with E-state index in [4.69, 9.17) is 4.74 Å². The molecule has 0 bridgehead atoms. The van der Waals surface area contributed by atoms with Gasteiger partial charge in [0.25, 0.3) is 5.91 Å². The predicted molar refractivity (Wildman–Crippen MR) is 109 cm³/mol. The van der Waals surface area contributed by atoms with Crippen molar-refractivity contribution in [2.24, 2.45) is 5.92 Å². The summed E-state index contributed by atoms with van der Waals surface area (Å²) in [6, 6.07) is 4.03. The van der Waals surface area contributed by atoms with Gasteiger partial charge in [0.1, 0.15) is 0 Å². The average molecular weight is 367 g/mol. The fraction of sp³-hybridized carbons (Fsp3) is 0.478. The second-order valence-electron chi connectivity index (χ2n) is 7.48. The number of fused-ring (bicyclic) bond motifs is 1. The molecule has 27 heavy (non-hydrogen) atoms. The standard InChI is InChI=1S/C23H30N2O2/c1-4-21(27-3)14-24-23(26)22-13-20-16-25(11-10-19(20)12-17(22)2)15-18-8-6-5-7-9-18/h5-6,11-13,16,18,21H,4,7-9,14-15H2,1-3H3,(H,24,26). The van der Waals surface area contributed by atoms with E-state index in [-0.39, 0.29) is 12.0 Å². The number of benzene rings is 1. The summed E-state index contributed by atoms with van der Waals surface area (Å²) >= 11 is 0. The first kappa shape index (κ1) is 19.5. The summed E-state index contributed by atoms with van der Waals surface area (Å²) in [5, 5.41) is 5.10. The summed E-state index contributed by atoms with van der Waals surface area (Å²) < 4.78 is 5.35. The van der Waals surface area contributed by atoms with E-state index in [2.05, 4.69) is 41.2 Å². The second-order valence-corrected chi connectivity index (χ2v) is 7.48. The molecule has 1 amide bonds. The van der Waals surface area contributed by atoms with Gasteiger partial charge in [-0.25, -0.2) is 0 Å². The van der Waals surface area contributed by atoms with E-state index in [1.54, 1.807) is 7.11 Å². The van der Waals surface area contributed by atoms with E-state index in [1.807, 2.05) is 25.3 Å². The van der Waals surface area contributed by atoms with Crippen LogP contribution in [0.5, 0.6) is 0 Å². The number of ether oxygens (including phenoxy) is 1. The zero-order chi connectivity index (χ0) is 19.2. The Morgan fingerprint density at radius 3 is 2.96 bits per heavy atom. The highest BCUT2D eigenvalue weighted by molar-refractivity contribution is 5.95.